The number of benzene rings is 5. The second-order valence-corrected chi connectivity index (χ2v) is 9.45. The fraction of sp³-hybridized carbons (Fsp3) is 0. The van der Waals surface area contributed by atoms with Crippen molar-refractivity contribution in [3.05, 3.63) is 121 Å². The lowest BCUT2D eigenvalue weighted by atomic mass is 9.96. The molecule has 5 aromatic carbocycles. The lowest BCUT2D eigenvalue weighted by Crippen LogP contribution is -2.11. The fourth-order valence-corrected chi connectivity index (χ4v) is 5.57. The van der Waals surface area contributed by atoms with Crippen molar-refractivity contribution in [2.75, 3.05) is 4.90 Å². The average Bonchev–Trinajstić information content (AvgIpc) is 3.24. The Morgan fingerprint density at radius 3 is 1.82 bits per heavy atom. The predicted octanol–water partition coefficient (Wildman–Crippen LogP) is 7.45. The highest BCUT2D eigenvalue weighted by molar-refractivity contribution is 7.25. The highest BCUT2D eigenvalue weighted by Gasteiger charge is 2.14. The highest BCUT2D eigenvalue weighted by Crippen LogP contribution is 2.40. The molecule has 0 fully saturated rings. The monoisotopic (exact) mass is 439 g/mol. The van der Waals surface area contributed by atoms with E-state index in [0.717, 1.165) is 11.4 Å². The minimum Gasteiger partial charge on any atom is -0.310 e. The number of fused-ring (bicyclic) bond motifs is 3. The number of thiophene rings is 1. The maximum Gasteiger partial charge on any atom is 0.139 e. The Bertz CT molecular complexity index is 1550. The molecule has 0 spiro atoms. The Labute approximate surface area is 199 Å². The van der Waals surface area contributed by atoms with Crippen LogP contribution in [0.15, 0.2) is 121 Å². The summed E-state index contributed by atoms with van der Waals surface area (Å²) in [7, 11) is 2.13. The zero-order chi connectivity index (χ0) is 22.2. The first-order chi connectivity index (χ1) is 16.3. The van der Waals surface area contributed by atoms with Gasteiger partial charge in [-0.1, -0.05) is 84.3 Å². The Morgan fingerprint density at radius 2 is 1.06 bits per heavy atom. The van der Waals surface area contributed by atoms with E-state index in [1.165, 1.54) is 42.4 Å². The summed E-state index contributed by atoms with van der Waals surface area (Å²) in [5.74, 6) is 0. The molecule has 3 heteroatoms. The van der Waals surface area contributed by atoms with Crippen molar-refractivity contribution in [2.24, 2.45) is 0 Å². The largest absolute Gasteiger partial charge is 0.310 e. The first-order valence-corrected chi connectivity index (χ1v) is 12.0. The van der Waals surface area contributed by atoms with E-state index in [2.05, 4.69) is 134 Å². The van der Waals surface area contributed by atoms with E-state index in [4.69, 9.17) is 0 Å². The van der Waals surface area contributed by atoms with Crippen molar-refractivity contribution < 1.29 is 0 Å². The number of hydrogen-bond acceptors (Lipinski definition) is 2. The summed E-state index contributed by atoms with van der Waals surface area (Å²) in [6, 6.07) is 43.7. The molecular formula is C30H22BNS. The minimum atomic E-state index is 1.15. The zero-order valence-electron chi connectivity index (χ0n) is 18.4. The van der Waals surface area contributed by atoms with Gasteiger partial charge in [0.25, 0.3) is 0 Å². The van der Waals surface area contributed by atoms with Crippen LogP contribution in [0.3, 0.4) is 0 Å². The summed E-state index contributed by atoms with van der Waals surface area (Å²) in [6.45, 7) is 0. The SMILES string of the molecule is Bc1ccc(N(c2ccc(-c3ccccc3)cc2)c2ccc3c(c2)sc2ccccc23)cc1. The molecule has 0 radical (unpaired) electrons. The molecule has 0 saturated carbocycles. The second kappa shape index (κ2) is 8.27. The van der Waals surface area contributed by atoms with Crippen LogP contribution in [0.4, 0.5) is 17.1 Å². The van der Waals surface area contributed by atoms with Crippen LogP contribution in [0.25, 0.3) is 31.3 Å². The molecule has 0 atom stereocenters. The Kier molecular flexibility index (Phi) is 4.97. The molecule has 33 heavy (non-hydrogen) atoms. The normalized spacial score (nSPS) is 11.2. The third-order valence-corrected chi connectivity index (χ3v) is 7.28. The van der Waals surface area contributed by atoms with Crippen LogP contribution in [-0.2, 0) is 0 Å². The number of nitrogens with zero attached hydrogens (tertiary/aromatic N) is 1. The Balaban J connectivity index is 1.48. The van der Waals surface area contributed by atoms with E-state index in [-0.39, 0.29) is 0 Å². The maximum absolute atomic E-state index is 2.35. The molecule has 0 N–H and O–H groups in total. The number of hydrogen-bond donors (Lipinski definition) is 0. The molecule has 0 amide bonds. The highest BCUT2D eigenvalue weighted by atomic mass is 32.1. The van der Waals surface area contributed by atoms with Gasteiger partial charge in [0.15, 0.2) is 0 Å². The molecule has 156 valence electrons. The second-order valence-electron chi connectivity index (χ2n) is 8.36. The van der Waals surface area contributed by atoms with Gasteiger partial charge < -0.3 is 4.90 Å². The van der Waals surface area contributed by atoms with E-state index in [9.17, 15) is 0 Å². The molecule has 0 unspecified atom stereocenters. The number of rotatable bonds is 4. The van der Waals surface area contributed by atoms with Crippen molar-refractivity contribution in [2.45, 2.75) is 0 Å². The summed E-state index contributed by atoms with van der Waals surface area (Å²) in [5, 5.41) is 2.65. The third kappa shape index (κ3) is 3.71. The van der Waals surface area contributed by atoms with E-state index in [0.29, 0.717) is 0 Å². The van der Waals surface area contributed by atoms with Crippen LogP contribution in [-0.4, -0.2) is 7.85 Å². The van der Waals surface area contributed by atoms with E-state index in [1.807, 2.05) is 11.3 Å². The lowest BCUT2D eigenvalue weighted by molar-refractivity contribution is 1.29. The molecule has 0 aliphatic rings. The molecule has 6 aromatic rings. The summed E-state index contributed by atoms with van der Waals surface area (Å²) >= 11 is 1.86. The molecule has 1 nitrogen and oxygen atoms in total. The van der Waals surface area contributed by atoms with Crippen LogP contribution in [0.5, 0.6) is 0 Å². The van der Waals surface area contributed by atoms with Crippen molar-refractivity contribution in [1.29, 1.82) is 0 Å². The van der Waals surface area contributed by atoms with Gasteiger partial charge in [0, 0.05) is 37.2 Å². The summed E-state index contributed by atoms with van der Waals surface area (Å²) < 4.78 is 2.64. The molecule has 0 aliphatic carbocycles. The first kappa shape index (κ1) is 19.8. The minimum absolute atomic E-state index is 1.15. The van der Waals surface area contributed by atoms with Crippen LogP contribution in [0.2, 0.25) is 0 Å². The summed E-state index contributed by atoms with van der Waals surface area (Å²) in [6.07, 6.45) is 0. The van der Waals surface area contributed by atoms with E-state index in [1.54, 1.807) is 0 Å². The third-order valence-electron chi connectivity index (χ3n) is 6.15. The van der Waals surface area contributed by atoms with Gasteiger partial charge in [-0.2, -0.15) is 0 Å². The van der Waals surface area contributed by atoms with Gasteiger partial charge >= 0.3 is 0 Å². The van der Waals surface area contributed by atoms with Gasteiger partial charge in [-0.25, -0.2) is 0 Å². The molecule has 0 aliphatic heterocycles. The molecule has 6 rings (SSSR count). The quantitative estimate of drug-likeness (QED) is 0.258. The van der Waals surface area contributed by atoms with Gasteiger partial charge in [-0.05, 0) is 53.6 Å². The van der Waals surface area contributed by atoms with Crippen LogP contribution >= 0.6 is 11.3 Å². The zero-order valence-corrected chi connectivity index (χ0v) is 19.2. The first-order valence-electron chi connectivity index (χ1n) is 11.2. The van der Waals surface area contributed by atoms with Gasteiger partial charge in [0.2, 0.25) is 0 Å². The Hall–Kier alpha value is -3.82. The van der Waals surface area contributed by atoms with E-state index >= 15 is 0 Å². The van der Waals surface area contributed by atoms with Crippen LogP contribution < -0.4 is 10.4 Å². The standard InChI is InChI=1S/C30H22BNS/c31-23-12-16-25(17-13-23)32(24-14-10-22(11-15-24)21-6-2-1-3-7-21)26-18-19-28-27-8-4-5-9-29(27)33-30(28)20-26/h1-20H,31H2. The van der Waals surface area contributed by atoms with E-state index < -0.39 is 0 Å². The predicted molar refractivity (Wildman–Crippen MR) is 148 cm³/mol. The van der Waals surface area contributed by atoms with Crippen molar-refractivity contribution >= 4 is 61.9 Å². The average molecular weight is 439 g/mol. The van der Waals surface area contributed by atoms with Crippen molar-refractivity contribution in [1.82, 2.24) is 0 Å². The van der Waals surface area contributed by atoms with Gasteiger partial charge in [0.05, 0.1) is 0 Å². The summed E-state index contributed by atoms with van der Waals surface area (Å²) in [4.78, 5) is 2.35. The fourth-order valence-electron chi connectivity index (χ4n) is 4.43. The van der Waals surface area contributed by atoms with Crippen molar-refractivity contribution in [3.8, 4) is 11.1 Å². The van der Waals surface area contributed by atoms with Gasteiger partial charge in [-0.15, -0.1) is 11.3 Å². The Morgan fingerprint density at radius 1 is 0.485 bits per heavy atom. The lowest BCUT2D eigenvalue weighted by Gasteiger charge is -2.26. The molecule has 0 bridgehead atoms. The topological polar surface area (TPSA) is 3.24 Å². The van der Waals surface area contributed by atoms with Crippen LogP contribution in [0, 0.1) is 0 Å². The molecule has 0 saturated heterocycles. The molecule has 1 aromatic heterocycles. The van der Waals surface area contributed by atoms with Crippen molar-refractivity contribution in [3.63, 3.8) is 0 Å². The smallest absolute Gasteiger partial charge is 0.139 e. The number of anilines is 3. The molecular weight excluding hydrogens is 417 g/mol. The van der Waals surface area contributed by atoms with Crippen LogP contribution in [0.1, 0.15) is 0 Å². The van der Waals surface area contributed by atoms with Gasteiger partial charge in [-0.3, -0.25) is 0 Å². The van der Waals surface area contributed by atoms with Gasteiger partial charge in [0.1, 0.15) is 7.85 Å². The molecule has 1 heterocycles. The maximum atomic E-state index is 2.35. The summed E-state index contributed by atoms with van der Waals surface area (Å²) in [5.41, 5.74) is 7.21.